The molecule has 2 unspecified atom stereocenters. The Morgan fingerprint density at radius 1 is 1.56 bits per heavy atom. The molecule has 2 heterocycles. The summed E-state index contributed by atoms with van der Waals surface area (Å²) in [5, 5.41) is 0. The summed E-state index contributed by atoms with van der Waals surface area (Å²) in [5.41, 5.74) is 0. The van der Waals surface area contributed by atoms with Gasteiger partial charge in [0.25, 0.3) is 0 Å². The van der Waals surface area contributed by atoms with E-state index in [1.165, 1.54) is 6.42 Å². The molecule has 1 nitrogen and oxygen atoms in total. The molecule has 0 aromatic heterocycles. The van der Waals surface area contributed by atoms with Crippen molar-refractivity contribution in [2.75, 3.05) is 0 Å². The number of nitrogens with zero attached hydrogens (tertiary/aromatic N) is 1. The monoisotopic (exact) mass is 121 g/mol. The predicted octanol–water partition coefficient (Wildman–Crippen LogP) is 1.22. The first kappa shape index (κ1) is 4.37. The van der Waals surface area contributed by atoms with Crippen LogP contribution >= 0.6 is 0 Å². The average molecular weight is 121 g/mol. The highest BCUT2D eigenvalue weighted by molar-refractivity contribution is 5.32. The summed E-state index contributed by atoms with van der Waals surface area (Å²) in [6, 6.07) is 1.88. The van der Waals surface area contributed by atoms with E-state index in [0.717, 1.165) is 23.9 Å². The lowest BCUT2D eigenvalue weighted by atomic mass is 9.97. The quantitative estimate of drug-likeness (QED) is 0.504. The van der Waals surface area contributed by atoms with Gasteiger partial charge >= 0.3 is 0 Å². The molecule has 0 bridgehead atoms. The van der Waals surface area contributed by atoms with Gasteiger partial charge in [-0.05, 0) is 18.2 Å². The molecular formula is C8H11N. The van der Waals surface area contributed by atoms with Gasteiger partial charge in [0, 0.05) is 12.0 Å². The van der Waals surface area contributed by atoms with Crippen molar-refractivity contribution >= 4 is 0 Å². The molecule has 1 saturated heterocycles. The Kier molecular flexibility index (Phi) is 0.509. The molecule has 0 N–H and O–H groups in total. The number of rotatable bonds is 1. The lowest BCUT2D eigenvalue weighted by Gasteiger charge is -2.44. The van der Waals surface area contributed by atoms with Crippen LogP contribution in [0.25, 0.3) is 0 Å². The zero-order chi connectivity index (χ0) is 6.01. The van der Waals surface area contributed by atoms with Gasteiger partial charge in [-0.2, -0.15) is 0 Å². The van der Waals surface area contributed by atoms with E-state index in [9.17, 15) is 0 Å². The topological polar surface area (TPSA) is 3.24 Å². The van der Waals surface area contributed by atoms with Crippen LogP contribution in [0.3, 0.4) is 0 Å². The molecule has 9 heavy (non-hydrogen) atoms. The van der Waals surface area contributed by atoms with E-state index in [0.29, 0.717) is 0 Å². The van der Waals surface area contributed by atoms with Crippen molar-refractivity contribution in [3.63, 3.8) is 0 Å². The van der Waals surface area contributed by atoms with Crippen LogP contribution in [0.5, 0.6) is 0 Å². The zero-order valence-corrected chi connectivity index (χ0v) is 5.62. The Morgan fingerprint density at radius 2 is 2.44 bits per heavy atom. The first-order valence-corrected chi connectivity index (χ1v) is 3.89. The Balaban J connectivity index is 1.84. The van der Waals surface area contributed by atoms with Crippen molar-refractivity contribution in [2.45, 2.75) is 25.4 Å². The van der Waals surface area contributed by atoms with Gasteiger partial charge < -0.3 is 4.90 Å². The van der Waals surface area contributed by atoms with Gasteiger partial charge in [0.05, 0.1) is 6.04 Å². The van der Waals surface area contributed by atoms with Crippen LogP contribution in [0.4, 0.5) is 0 Å². The fourth-order valence-corrected chi connectivity index (χ4v) is 2.58. The normalized spacial score (nSPS) is 57.2. The summed E-state index contributed by atoms with van der Waals surface area (Å²) >= 11 is 0. The fourth-order valence-electron chi connectivity index (χ4n) is 2.58. The maximum atomic E-state index is 2.51. The van der Waals surface area contributed by atoms with E-state index in [1.807, 2.05) is 0 Å². The van der Waals surface area contributed by atoms with E-state index in [2.05, 4.69) is 24.1 Å². The summed E-state index contributed by atoms with van der Waals surface area (Å²) in [7, 11) is 0. The maximum Gasteiger partial charge on any atom is 0.0539 e. The van der Waals surface area contributed by atoms with Gasteiger partial charge in [-0.15, -0.1) is 0 Å². The van der Waals surface area contributed by atoms with Gasteiger partial charge in [0.15, 0.2) is 0 Å². The molecule has 4 atom stereocenters. The van der Waals surface area contributed by atoms with Crippen LogP contribution in [-0.4, -0.2) is 17.0 Å². The minimum Gasteiger partial charge on any atom is -0.367 e. The SMILES string of the molecule is CCC1C2[C@H]1N1C=C[C@H]21. The standard InChI is InChI=1S/C8H11N/c1-2-5-7-6-3-4-9(6)8(5)7/h3-8H,2H2,1H3/t5?,6-,7?,8+/m1/s1. The molecule has 2 fully saturated rings. The van der Waals surface area contributed by atoms with Crippen LogP contribution in [0.2, 0.25) is 0 Å². The Morgan fingerprint density at radius 3 is 2.78 bits per heavy atom. The van der Waals surface area contributed by atoms with Crippen molar-refractivity contribution in [2.24, 2.45) is 11.8 Å². The summed E-state index contributed by atoms with van der Waals surface area (Å²) in [4.78, 5) is 2.51. The average Bonchev–Trinajstić information content (AvgIpc) is 2.39. The van der Waals surface area contributed by atoms with Gasteiger partial charge in [-0.1, -0.05) is 13.3 Å². The third-order valence-corrected chi connectivity index (χ3v) is 3.20. The van der Waals surface area contributed by atoms with Crippen LogP contribution in [-0.2, 0) is 0 Å². The molecule has 3 aliphatic rings. The molecule has 3 rings (SSSR count). The highest BCUT2D eigenvalue weighted by Gasteiger charge is 2.67. The molecule has 1 saturated carbocycles. The zero-order valence-electron chi connectivity index (χ0n) is 5.62. The second kappa shape index (κ2) is 1.05. The highest BCUT2D eigenvalue weighted by atomic mass is 15.3. The number of hydrogen-bond acceptors (Lipinski definition) is 1. The molecule has 2 aliphatic heterocycles. The minimum atomic E-state index is 0.889. The van der Waals surface area contributed by atoms with Crippen molar-refractivity contribution in [3.05, 3.63) is 12.3 Å². The maximum absolute atomic E-state index is 2.51. The van der Waals surface area contributed by atoms with Crippen molar-refractivity contribution in [1.82, 2.24) is 4.90 Å². The van der Waals surface area contributed by atoms with E-state index in [4.69, 9.17) is 0 Å². The third kappa shape index (κ3) is 0.284. The fraction of sp³-hybridized carbons (Fsp3) is 0.750. The summed E-state index contributed by atoms with van der Waals surface area (Å²) in [6.07, 6.45) is 5.99. The Hall–Kier alpha value is -0.460. The van der Waals surface area contributed by atoms with Gasteiger partial charge in [-0.25, -0.2) is 0 Å². The lowest BCUT2D eigenvalue weighted by Crippen LogP contribution is -2.50. The molecule has 1 heteroatoms. The summed E-state index contributed by atoms with van der Waals surface area (Å²) < 4.78 is 0. The highest BCUT2D eigenvalue weighted by Crippen LogP contribution is 2.62. The smallest absolute Gasteiger partial charge is 0.0539 e. The molecule has 1 aliphatic carbocycles. The molecule has 0 radical (unpaired) electrons. The second-order valence-corrected chi connectivity index (χ2v) is 3.42. The van der Waals surface area contributed by atoms with Crippen LogP contribution in [0.1, 0.15) is 13.3 Å². The predicted molar refractivity (Wildman–Crippen MR) is 35.8 cm³/mol. The van der Waals surface area contributed by atoms with Gasteiger partial charge in [0.2, 0.25) is 0 Å². The molecule has 0 aromatic rings. The third-order valence-electron chi connectivity index (χ3n) is 3.20. The lowest BCUT2D eigenvalue weighted by molar-refractivity contribution is 0.145. The van der Waals surface area contributed by atoms with Crippen molar-refractivity contribution in [3.8, 4) is 0 Å². The first-order chi connectivity index (χ1) is 4.43. The van der Waals surface area contributed by atoms with Crippen molar-refractivity contribution < 1.29 is 0 Å². The molecule has 48 valence electrons. The van der Waals surface area contributed by atoms with Gasteiger partial charge in [-0.3, -0.25) is 0 Å². The summed E-state index contributed by atoms with van der Waals surface area (Å²) in [6.45, 7) is 2.31. The molecule has 0 aromatic carbocycles. The van der Waals surface area contributed by atoms with E-state index in [1.54, 1.807) is 0 Å². The van der Waals surface area contributed by atoms with E-state index < -0.39 is 0 Å². The van der Waals surface area contributed by atoms with Crippen LogP contribution in [0, 0.1) is 11.8 Å². The number of hydrogen-bond donors (Lipinski definition) is 0. The Labute approximate surface area is 55.3 Å². The Bertz CT molecular complexity index is 167. The first-order valence-electron chi connectivity index (χ1n) is 3.89. The molecule has 0 amide bonds. The van der Waals surface area contributed by atoms with E-state index in [-0.39, 0.29) is 0 Å². The minimum absolute atomic E-state index is 0.889. The van der Waals surface area contributed by atoms with Crippen LogP contribution < -0.4 is 0 Å². The van der Waals surface area contributed by atoms with Crippen molar-refractivity contribution in [1.29, 1.82) is 0 Å². The van der Waals surface area contributed by atoms with Gasteiger partial charge in [0.1, 0.15) is 0 Å². The largest absolute Gasteiger partial charge is 0.367 e. The van der Waals surface area contributed by atoms with Crippen LogP contribution in [0.15, 0.2) is 12.3 Å². The molecular weight excluding hydrogens is 110 g/mol. The number of fused-ring (bicyclic) bond motifs is 4. The second-order valence-electron chi connectivity index (χ2n) is 3.42. The molecule has 0 spiro atoms. The summed E-state index contributed by atoms with van der Waals surface area (Å²) in [5.74, 6) is 2.14. The van der Waals surface area contributed by atoms with E-state index >= 15 is 0 Å².